The Bertz CT molecular complexity index is 863. The Morgan fingerprint density at radius 1 is 1.38 bits per heavy atom. The van der Waals surface area contributed by atoms with Crippen LogP contribution in [0.5, 0.6) is 0 Å². The van der Waals surface area contributed by atoms with Crippen LogP contribution in [0.1, 0.15) is 5.69 Å². The number of aliphatic hydroxyl groups excluding tert-OH is 1. The molecule has 2 aromatic heterocycles. The van der Waals surface area contributed by atoms with Gasteiger partial charge in [-0.3, -0.25) is 5.10 Å². The summed E-state index contributed by atoms with van der Waals surface area (Å²) in [6.07, 6.45) is 1.67. The van der Waals surface area contributed by atoms with E-state index in [0.717, 1.165) is 41.1 Å². The van der Waals surface area contributed by atoms with Gasteiger partial charge in [0.2, 0.25) is 0 Å². The highest BCUT2D eigenvalue weighted by atomic mass is 16.3. The molecule has 0 saturated carbocycles. The van der Waals surface area contributed by atoms with E-state index >= 15 is 0 Å². The van der Waals surface area contributed by atoms with E-state index in [-0.39, 0.29) is 12.6 Å². The van der Waals surface area contributed by atoms with Crippen LogP contribution in [0.3, 0.4) is 0 Å². The van der Waals surface area contributed by atoms with Crippen molar-refractivity contribution in [1.29, 1.82) is 0 Å². The van der Waals surface area contributed by atoms with Crippen molar-refractivity contribution >= 4 is 16.7 Å². The van der Waals surface area contributed by atoms with Gasteiger partial charge in [0.15, 0.2) is 11.6 Å². The van der Waals surface area contributed by atoms with Gasteiger partial charge in [-0.25, -0.2) is 4.98 Å². The topological polar surface area (TPSA) is 103 Å². The van der Waals surface area contributed by atoms with Crippen molar-refractivity contribution in [2.45, 2.75) is 13.0 Å². The summed E-state index contributed by atoms with van der Waals surface area (Å²) in [4.78, 5) is 6.79. The van der Waals surface area contributed by atoms with Crippen LogP contribution in [0.15, 0.2) is 24.4 Å². The Labute approximate surface area is 138 Å². The quantitative estimate of drug-likeness (QED) is 0.644. The first-order valence-corrected chi connectivity index (χ1v) is 7.98. The summed E-state index contributed by atoms with van der Waals surface area (Å²) < 4.78 is 0. The molecule has 3 N–H and O–H groups in total. The fraction of sp³-hybridized carbons (Fsp3) is 0.375. The summed E-state index contributed by atoms with van der Waals surface area (Å²) in [6, 6.07) is 6.04. The highest BCUT2D eigenvalue weighted by Gasteiger charge is 2.20. The number of hydrogen-bond acceptors (Lipinski definition) is 7. The lowest BCUT2D eigenvalue weighted by Gasteiger charge is -2.33. The van der Waals surface area contributed by atoms with Crippen molar-refractivity contribution in [3.63, 3.8) is 0 Å². The fourth-order valence-corrected chi connectivity index (χ4v) is 3.01. The summed E-state index contributed by atoms with van der Waals surface area (Å²) in [5.74, 6) is 1.37. The second-order valence-corrected chi connectivity index (χ2v) is 5.99. The van der Waals surface area contributed by atoms with E-state index in [9.17, 15) is 5.11 Å². The van der Waals surface area contributed by atoms with Gasteiger partial charge in [0, 0.05) is 36.6 Å². The highest BCUT2D eigenvalue weighted by Crippen LogP contribution is 2.23. The van der Waals surface area contributed by atoms with Crippen molar-refractivity contribution in [3.8, 4) is 11.4 Å². The van der Waals surface area contributed by atoms with Crippen LogP contribution in [0, 0.1) is 6.92 Å². The van der Waals surface area contributed by atoms with Gasteiger partial charge in [-0.05, 0) is 25.1 Å². The van der Waals surface area contributed by atoms with Crippen LogP contribution in [-0.4, -0.2) is 62.8 Å². The standard InChI is InChI=1S/C16H19N7O/c1-10-13-6-11(2-3-14(13)21-20-10)16-19-15(7-18-22-16)23-5-4-17-12(8-23)9-24/h2-3,6-7,12,17,24H,4-5,8-9H2,1H3,(H,20,21)/t12-/m1/s1. The number of fused-ring (bicyclic) bond motifs is 1. The summed E-state index contributed by atoms with van der Waals surface area (Å²) in [5, 5.41) is 29.2. The lowest BCUT2D eigenvalue weighted by Crippen LogP contribution is -2.52. The zero-order valence-corrected chi connectivity index (χ0v) is 13.4. The number of piperazine rings is 1. The maximum Gasteiger partial charge on any atom is 0.183 e. The number of hydrogen-bond donors (Lipinski definition) is 3. The van der Waals surface area contributed by atoms with Crippen molar-refractivity contribution in [1.82, 2.24) is 30.7 Å². The number of benzene rings is 1. The first-order chi connectivity index (χ1) is 11.7. The van der Waals surface area contributed by atoms with Gasteiger partial charge in [0.25, 0.3) is 0 Å². The molecule has 1 aromatic carbocycles. The maximum atomic E-state index is 9.35. The largest absolute Gasteiger partial charge is 0.395 e. The molecule has 124 valence electrons. The predicted molar refractivity (Wildman–Crippen MR) is 90.7 cm³/mol. The highest BCUT2D eigenvalue weighted by molar-refractivity contribution is 5.85. The van der Waals surface area contributed by atoms with Crippen LogP contribution >= 0.6 is 0 Å². The summed E-state index contributed by atoms with van der Waals surface area (Å²) in [6.45, 7) is 4.42. The van der Waals surface area contributed by atoms with E-state index in [1.54, 1.807) is 6.20 Å². The molecule has 1 aliphatic rings. The summed E-state index contributed by atoms with van der Waals surface area (Å²) in [7, 11) is 0. The molecule has 3 heterocycles. The van der Waals surface area contributed by atoms with Gasteiger partial charge in [0.1, 0.15) is 0 Å². The molecule has 1 fully saturated rings. The molecule has 1 aliphatic heterocycles. The number of rotatable bonds is 3. The molecule has 8 heteroatoms. The van der Waals surface area contributed by atoms with Crippen molar-refractivity contribution in [3.05, 3.63) is 30.1 Å². The second kappa shape index (κ2) is 6.14. The van der Waals surface area contributed by atoms with Crippen molar-refractivity contribution in [2.24, 2.45) is 0 Å². The van der Waals surface area contributed by atoms with Crippen LogP contribution < -0.4 is 10.2 Å². The molecule has 24 heavy (non-hydrogen) atoms. The Morgan fingerprint density at radius 3 is 3.17 bits per heavy atom. The zero-order valence-electron chi connectivity index (χ0n) is 13.4. The molecule has 0 spiro atoms. The average molecular weight is 325 g/mol. The zero-order chi connectivity index (χ0) is 16.5. The van der Waals surface area contributed by atoms with Gasteiger partial charge in [-0.1, -0.05) is 0 Å². The minimum Gasteiger partial charge on any atom is -0.395 e. The molecule has 0 aliphatic carbocycles. The van der Waals surface area contributed by atoms with E-state index < -0.39 is 0 Å². The lowest BCUT2D eigenvalue weighted by atomic mass is 10.1. The van der Waals surface area contributed by atoms with Crippen molar-refractivity contribution < 1.29 is 5.11 Å². The Morgan fingerprint density at radius 2 is 2.29 bits per heavy atom. The van der Waals surface area contributed by atoms with Crippen molar-refractivity contribution in [2.75, 3.05) is 31.1 Å². The molecule has 0 unspecified atom stereocenters. The van der Waals surface area contributed by atoms with Crippen LogP contribution in [0.2, 0.25) is 0 Å². The minimum atomic E-state index is 0.0575. The normalized spacial score (nSPS) is 18.2. The van der Waals surface area contributed by atoms with E-state index in [1.165, 1.54) is 0 Å². The lowest BCUT2D eigenvalue weighted by molar-refractivity contribution is 0.235. The van der Waals surface area contributed by atoms with E-state index in [4.69, 9.17) is 0 Å². The summed E-state index contributed by atoms with van der Waals surface area (Å²) in [5.41, 5.74) is 2.85. The molecule has 4 rings (SSSR count). The van der Waals surface area contributed by atoms with E-state index in [2.05, 4.69) is 35.6 Å². The Kier molecular flexibility index (Phi) is 3.83. The average Bonchev–Trinajstić information content (AvgIpc) is 3.02. The molecular formula is C16H19N7O. The number of nitrogens with zero attached hydrogens (tertiary/aromatic N) is 5. The molecule has 1 atom stereocenters. The van der Waals surface area contributed by atoms with E-state index in [0.29, 0.717) is 12.4 Å². The molecule has 3 aromatic rings. The minimum absolute atomic E-state index is 0.0575. The molecule has 0 bridgehead atoms. The fourth-order valence-electron chi connectivity index (χ4n) is 3.01. The number of aryl methyl sites for hydroxylation is 1. The third-order valence-electron chi connectivity index (χ3n) is 4.36. The Balaban J connectivity index is 1.67. The molecule has 0 radical (unpaired) electrons. The predicted octanol–water partition coefficient (Wildman–Crippen LogP) is 0.494. The smallest absolute Gasteiger partial charge is 0.183 e. The summed E-state index contributed by atoms with van der Waals surface area (Å²) >= 11 is 0. The third kappa shape index (κ3) is 2.70. The second-order valence-electron chi connectivity index (χ2n) is 5.99. The van der Waals surface area contributed by atoms with Crippen LogP contribution in [0.4, 0.5) is 5.82 Å². The number of aromatic nitrogens is 5. The van der Waals surface area contributed by atoms with Gasteiger partial charge in [-0.2, -0.15) is 10.2 Å². The van der Waals surface area contributed by atoms with E-state index in [1.807, 2.05) is 25.1 Å². The number of aromatic amines is 1. The number of nitrogens with one attached hydrogen (secondary N) is 2. The van der Waals surface area contributed by atoms with Crippen LogP contribution in [-0.2, 0) is 0 Å². The monoisotopic (exact) mass is 325 g/mol. The first kappa shape index (κ1) is 15.0. The molecule has 8 nitrogen and oxygen atoms in total. The van der Waals surface area contributed by atoms with Gasteiger partial charge in [-0.15, -0.1) is 5.10 Å². The Hall–Kier alpha value is -2.58. The van der Waals surface area contributed by atoms with Gasteiger partial charge >= 0.3 is 0 Å². The molecule has 1 saturated heterocycles. The van der Waals surface area contributed by atoms with Gasteiger partial charge < -0.3 is 15.3 Å². The maximum absolute atomic E-state index is 9.35. The van der Waals surface area contributed by atoms with Crippen LogP contribution in [0.25, 0.3) is 22.3 Å². The molecular weight excluding hydrogens is 306 g/mol. The first-order valence-electron chi connectivity index (χ1n) is 7.98. The number of aliphatic hydroxyl groups is 1. The number of H-pyrrole nitrogens is 1. The third-order valence-corrected chi connectivity index (χ3v) is 4.36. The van der Waals surface area contributed by atoms with Gasteiger partial charge in [0.05, 0.1) is 24.0 Å². The SMILES string of the molecule is Cc1n[nH]c2ccc(-c3nncc(N4CCN[C@@H](CO)C4)n3)cc12. The number of anilines is 1. The molecule has 0 amide bonds.